The Labute approximate surface area is 101 Å². The van der Waals surface area contributed by atoms with E-state index in [9.17, 15) is 4.79 Å². The molecule has 8 heteroatoms. The minimum Gasteiger partial charge on any atom is -0.478 e. The molecule has 0 aliphatic rings. The summed E-state index contributed by atoms with van der Waals surface area (Å²) in [6.07, 6.45) is 0. The first-order chi connectivity index (χ1) is 8.08. The number of aryl methyl sites for hydroxylation is 1. The van der Waals surface area contributed by atoms with Gasteiger partial charge in [0.05, 0.1) is 5.56 Å². The van der Waals surface area contributed by atoms with Crippen LogP contribution in [-0.4, -0.2) is 31.3 Å². The molecule has 0 bridgehead atoms. The van der Waals surface area contributed by atoms with E-state index >= 15 is 0 Å². The largest absolute Gasteiger partial charge is 0.478 e. The Bertz CT molecular complexity index is 568. The summed E-state index contributed by atoms with van der Waals surface area (Å²) in [4.78, 5) is 11.5. The SMILES string of the molecule is Cn1nnnc1Sc1ccc(C(=O)O)cc1N. The van der Waals surface area contributed by atoms with Crippen LogP contribution in [0, 0.1) is 0 Å². The highest BCUT2D eigenvalue weighted by atomic mass is 32.2. The van der Waals surface area contributed by atoms with Crippen molar-refractivity contribution in [3.05, 3.63) is 23.8 Å². The first-order valence-corrected chi connectivity index (χ1v) is 5.42. The molecule has 7 nitrogen and oxygen atoms in total. The molecule has 3 N–H and O–H groups in total. The van der Waals surface area contributed by atoms with Crippen LogP contribution < -0.4 is 5.73 Å². The summed E-state index contributed by atoms with van der Waals surface area (Å²) >= 11 is 1.28. The number of anilines is 1. The van der Waals surface area contributed by atoms with Crippen molar-refractivity contribution in [1.82, 2.24) is 20.2 Å². The number of rotatable bonds is 3. The first-order valence-electron chi connectivity index (χ1n) is 4.61. The summed E-state index contributed by atoms with van der Waals surface area (Å²) in [5, 5.41) is 20.4. The highest BCUT2D eigenvalue weighted by molar-refractivity contribution is 7.99. The maximum atomic E-state index is 10.7. The van der Waals surface area contributed by atoms with Gasteiger partial charge in [0.25, 0.3) is 0 Å². The number of hydrogen-bond donors (Lipinski definition) is 2. The molecule has 0 saturated heterocycles. The molecule has 1 heterocycles. The lowest BCUT2D eigenvalue weighted by Gasteiger charge is -2.04. The van der Waals surface area contributed by atoms with Gasteiger partial charge < -0.3 is 10.8 Å². The topological polar surface area (TPSA) is 107 Å². The number of carbonyl (C=O) groups is 1. The Morgan fingerprint density at radius 3 is 2.82 bits per heavy atom. The third-order valence-corrected chi connectivity index (χ3v) is 3.16. The van der Waals surface area contributed by atoms with Crippen LogP contribution in [0.25, 0.3) is 0 Å². The van der Waals surface area contributed by atoms with Crippen molar-refractivity contribution in [2.75, 3.05) is 5.73 Å². The third kappa shape index (κ3) is 2.36. The summed E-state index contributed by atoms with van der Waals surface area (Å²) in [5.74, 6) is -1.01. The molecule has 1 aromatic heterocycles. The van der Waals surface area contributed by atoms with Gasteiger partial charge in [-0.15, -0.1) is 5.10 Å². The quantitative estimate of drug-likeness (QED) is 0.771. The molecule has 0 atom stereocenters. The van der Waals surface area contributed by atoms with Crippen LogP contribution in [0.3, 0.4) is 0 Å². The number of tetrazole rings is 1. The van der Waals surface area contributed by atoms with Gasteiger partial charge in [0.1, 0.15) is 0 Å². The lowest BCUT2D eigenvalue weighted by molar-refractivity contribution is 0.0697. The molecule has 0 fully saturated rings. The normalized spacial score (nSPS) is 10.4. The molecule has 0 aliphatic heterocycles. The van der Waals surface area contributed by atoms with Crippen molar-refractivity contribution >= 4 is 23.4 Å². The summed E-state index contributed by atoms with van der Waals surface area (Å²) in [6.45, 7) is 0. The van der Waals surface area contributed by atoms with Crippen LogP contribution in [0.5, 0.6) is 0 Å². The van der Waals surface area contributed by atoms with E-state index in [-0.39, 0.29) is 5.56 Å². The molecule has 2 aromatic rings. The lowest BCUT2D eigenvalue weighted by atomic mass is 10.2. The van der Waals surface area contributed by atoms with E-state index in [0.29, 0.717) is 15.7 Å². The van der Waals surface area contributed by atoms with E-state index in [1.165, 1.54) is 28.6 Å². The van der Waals surface area contributed by atoms with Crippen LogP contribution in [0.1, 0.15) is 10.4 Å². The molecule has 0 spiro atoms. The van der Waals surface area contributed by atoms with Crippen molar-refractivity contribution in [3.63, 3.8) is 0 Å². The molecule has 0 radical (unpaired) electrons. The smallest absolute Gasteiger partial charge is 0.335 e. The van der Waals surface area contributed by atoms with Crippen LogP contribution in [-0.2, 0) is 7.05 Å². The maximum Gasteiger partial charge on any atom is 0.335 e. The van der Waals surface area contributed by atoms with Gasteiger partial charge in [0.15, 0.2) is 0 Å². The molecule has 88 valence electrons. The van der Waals surface area contributed by atoms with Gasteiger partial charge in [-0.05, 0) is 40.4 Å². The van der Waals surface area contributed by atoms with Gasteiger partial charge in [-0.2, -0.15) is 0 Å². The Hall–Kier alpha value is -2.09. The highest BCUT2D eigenvalue weighted by Gasteiger charge is 2.10. The Morgan fingerprint density at radius 2 is 2.29 bits per heavy atom. The number of carboxylic acids is 1. The maximum absolute atomic E-state index is 10.7. The fraction of sp³-hybridized carbons (Fsp3) is 0.111. The zero-order valence-electron chi connectivity index (χ0n) is 8.86. The molecule has 0 amide bonds. The number of nitrogen functional groups attached to an aromatic ring is 1. The molecule has 0 unspecified atom stereocenters. The van der Waals surface area contributed by atoms with Crippen LogP contribution in [0.15, 0.2) is 28.3 Å². The second-order valence-corrected chi connectivity index (χ2v) is 4.25. The fourth-order valence-electron chi connectivity index (χ4n) is 1.18. The van der Waals surface area contributed by atoms with E-state index in [1.807, 2.05) is 0 Å². The molecule has 2 rings (SSSR count). The minimum absolute atomic E-state index is 0.156. The average molecular weight is 251 g/mol. The highest BCUT2D eigenvalue weighted by Crippen LogP contribution is 2.30. The van der Waals surface area contributed by atoms with Crippen molar-refractivity contribution in [3.8, 4) is 0 Å². The van der Waals surface area contributed by atoms with E-state index in [4.69, 9.17) is 10.8 Å². The van der Waals surface area contributed by atoms with E-state index in [0.717, 1.165) is 0 Å². The van der Waals surface area contributed by atoms with Crippen LogP contribution >= 0.6 is 11.8 Å². The number of nitrogens with two attached hydrogens (primary N) is 1. The summed E-state index contributed by atoms with van der Waals surface area (Å²) in [6, 6.07) is 4.54. The van der Waals surface area contributed by atoms with Crippen molar-refractivity contribution in [2.24, 2.45) is 7.05 Å². The zero-order chi connectivity index (χ0) is 12.4. The Morgan fingerprint density at radius 1 is 1.53 bits per heavy atom. The summed E-state index contributed by atoms with van der Waals surface area (Å²) in [5.41, 5.74) is 6.31. The number of hydrogen-bond acceptors (Lipinski definition) is 6. The van der Waals surface area contributed by atoms with Gasteiger partial charge in [0.2, 0.25) is 5.16 Å². The van der Waals surface area contributed by atoms with Crippen molar-refractivity contribution in [2.45, 2.75) is 10.1 Å². The predicted molar refractivity (Wildman–Crippen MR) is 60.7 cm³/mol. The molecule has 0 saturated carbocycles. The van der Waals surface area contributed by atoms with Crippen molar-refractivity contribution in [1.29, 1.82) is 0 Å². The molecule has 17 heavy (non-hydrogen) atoms. The van der Waals surface area contributed by atoms with Gasteiger partial charge >= 0.3 is 5.97 Å². The predicted octanol–water partition coefficient (Wildman–Crippen LogP) is 0.642. The number of aromatic carboxylic acids is 1. The second-order valence-electron chi connectivity index (χ2n) is 3.24. The van der Waals surface area contributed by atoms with Gasteiger partial charge in [-0.3, -0.25) is 0 Å². The Balaban J connectivity index is 2.29. The van der Waals surface area contributed by atoms with E-state index < -0.39 is 5.97 Å². The Kier molecular flexibility index (Phi) is 2.96. The molecular weight excluding hydrogens is 242 g/mol. The third-order valence-electron chi connectivity index (χ3n) is 2.04. The van der Waals surface area contributed by atoms with Gasteiger partial charge in [0, 0.05) is 17.6 Å². The zero-order valence-corrected chi connectivity index (χ0v) is 9.68. The fourth-order valence-corrected chi connectivity index (χ4v) is 1.94. The first kappa shape index (κ1) is 11.4. The van der Waals surface area contributed by atoms with Crippen molar-refractivity contribution < 1.29 is 9.90 Å². The van der Waals surface area contributed by atoms with E-state index in [1.54, 1.807) is 13.1 Å². The average Bonchev–Trinajstić information content (AvgIpc) is 2.67. The lowest BCUT2D eigenvalue weighted by Crippen LogP contribution is -1.99. The summed E-state index contributed by atoms with van der Waals surface area (Å²) in [7, 11) is 1.71. The van der Waals surface area contributed by atoms with Gasteiger partial charge in [-0.1, -0.05) is 0 Å². The summed E-state index contributed by atoms with van der Waals surface area (Å²) < 4.78 is 1.51. The molecule has 1 aromatic carbocycles. The number of aromatic nitrogens is 4. The number of benzene rings is 1. The number of carboxylic acid groups (broad SMARTS) is 1. The number of nitrogens with zero attached hydrogens (tertiary/aromatic N) is 4. The van der Waals surface area contributed by atoms with Crippen LogP contribution in [0.2, 0.25) is 0 Å². The minimum atomic E-state index is -1.01. The second kappa shape index (κ2) is 4.42. The van der Waals surface area contributed by atoms with E-state index in [2.05, 4.69) is 15.5 Å². The monoisotopic (exact) mass is 251 g/mol. The molecular formula is C9H9N5O2S. The molecule has 0 aliphatic carbocycles. The standard InChI is InChI=1S/C9H9N5O2S/c1-14-9(11-12-13-14)17-7-3-2-5(8(15)16)4-6(7)10/h2-4H,10H2,1H3,(H,15,16). The van der Waals surface area contributed by atoms with Gasteiger partial charge in [-0.25, -0.2) is 9.48 Å². The van der Waals surface area contributed by atoms with Crippen LogP contribution in [0.4, 0.5) is 5.69 Å².